The molecule has 0 aromatic heterocycles. The molecule has 10 heteroatoms. The second kappa shape index (κ2) is 9.27. The van der Waals surface area contributed by atoms with Crippen molar-refractivity contribution >= 4 is 44.8 Å². The van der Waals surface area contributed by atoms with Crippen LogP contribution in [0.1, 0.15) is 6.42 Å². The molecule has 0 saturated heterocycles. The molecule has 146 valence electrons. The van der Waals surface area contributed by atoms with Gasteiger partial charge in [-0.15, -0.1) is 0 Å². The van der Waals surface area contributed by atoms with Crippen LogP contribution in [0.5, 0.6) is 11.5 Å². The SMILES string of the molecule is COc1cc(NC(=O)CCNS(=O)(=O)c2ccc(Cl)cc2)c(OC)cc1Cl. The van der Waals surface area contributed by atoms with Crippen LogP contribution in [-0.2, 0) is 14.8 Å². The third-order valence-electron chi connectivity index (χ3n) is 3.52. The molecule has 0 fully saturated rings. The molecule has 2 N–H and O–H groups in total. The Hall–Kier alpha value is -2.00. The van der Waals surface area contributed by atoms with E-state index >= 15 is 0 Å². The molecule has 7 nitrogen and oxygen atoms in total. The van der Waals surface area contributed by atoms with E-state index in [2.05, 4.69) is 10.0 Å². The first-order chi connectivity index (χ1) is 12.8. The molecule has 27 heavy (non-hydrogen) atoms. The Kier molecular flexibility index (Phi) is 7.32. The highest BCUT2D eigenvalue weighted by Gasteiger charge is 2.16. The van der Waals surface area contributed by atoms with Crippen molar-refractivity contribution in [2.24, 2.45) is 0 Å². The molecule has 0 radical (unpaired) electrons. The van der Waals surface area contributed by atoms with Gasteiger partial charge in [0.25, 0.3) is 0 Å². The number of methoxy groups -OCH3 is 2. The van der Waals surface area contributed by atoms with Gasteiger partial charge in [-0.05, 0) is 24.3 Å². The Morgan fingerprint density at radius 1 is 1.04 bits per heavy atom. The molecule has 0 aliphatic rings. The zero-order chi connectivity index (χ0) is 20.0. The number of hydrogen-bond donors (Lipinski definition) is 2. The Morgan fingerprint density at radius 2 is 1.67 bits per heavy atom. The first kappa shape index (κ1) is 21.3. The topological polar surface area (TPSA) is 93.7 Å². The maximum Gasteiger partial charge on any atom is 0.240 e. The summed E-state index contributed by atoms with van der Waals surface area (Å²) in [6, 6.07) is 8.76. The zero-order valence-electron chi connectivity index (χ0n) is 14.6. The molecule has 0 atom stereocenters. The van der Waals surface area contributed by atoms with E-state index in [-0.39, 0.29) is 17.9 Å². The highest BCUT2D eigenvalue weighted by molar-refractivity contribution is 7.89. The smallest absolute Gasteiger partial charge is 0.240 e. The lowest BCUT2D eigenvalue weighted by atomic mass is 10.2. The van der Waals surface area contributed by atoms with Gasteiger partial charge in [0, 0.05) is 30.1 Å². The molecule has 2 aromatic rings. The van der Waals surface area contributed by atoms with Gasteiger partial charge < -0.3 is 14.8 Å². The van der Waals surface area contributed by atoms with Crippen molar-refractivity contribution in [2.75, 3.05) is 26.1 Å². The number of halogens is 2. The first-order valence-electron chi connectivity index (χ1n) is 7.73. The summed E-state index contributed by atoms with van der Waals surface area (Å²) in [6.45, 7) is -0.0795. The monoisotopic (exact) mass is 432 g/mol. The molecule has 0 aliphatic heterocycles. The van der Waals surface area contributed by atoms with Gasteiger partial charge in [-0.1, -0.05) is 23.2 Å². The van der Waals surface area contributed by atoms with Crippen LogP contribution in [0.25, 0.3) is 0 Å². The van der Waals surface area contributed by atoms with Crippen LogP contribution in [0.4, 0.5) is 5.69 Å². The number of anilines is 1. The fourth-order valence-corrected chi connectivity index (χ4v) is 3.56. The summed E-state index contributed by atoms with van der Waals surface area (Å²) in [5, 5.41) is 3.41. The van der Waals surface area contributed by atoms with Crippen molar-refractivity contribution in [1.29, 1.82) is 0 Å². The summed E-state index contributed by atoms with van der Waals surface area (Å²) < 4.78 is 37.0. The molecule has 2 aromatic carbocycles. The third-order valence-corrected chi connectivity index (χ3v) is 5.54. The lowest BCUT2D eigenvalue weighted by Crippen LogP contribution is -2.27. The van der Waals surface area contributed by atoms with Crippen molar-refractivity contribution in [3.05, 3.63) is 46.4 Å². The lowest BCUT2D eigenvalue weighted by molar-refractivity contribution is -0.116. The van der Waals surface area contributed by atoms with E-state index < -0.39 is 15.9 Å². The van der Waals surface area contributed by atoms with Crippen LogP contribution in [-0.4, -0.2) is 35.1 Å². The minimum absolute atomic E-state index is 0.0661. The molecule has 2 rings (SSSR count). The Bertz CT molecular complexity index is 918. The van der Waals surface area contributed by atoms with Gasteiger partial charge in [-0.2, -0.15) is 0 Å². The summed E-state index contributed by atoms with van der Waals surface area (Å²) in [5.41, 5.74) is 0.365. The van der Waals surface area contributed by atoms with E-state index in [1.54, 1.807) is 0 Å². The summed E-state index contributed by atoms with van der Waals surface area (Å²) in [6.07, 6.45) is -0.0824. The van der Waals surface area contributed by atoms with E-state index in [0.29, 0.717) is 27.2 Å². The highest BCUT2D eigenvalue weighted by Crippen LogP contribution is 2.35. The van der Waals surface area contributed by atoms with Crippen molar-refractivity contribution in [2.45, 2.75) is 11.3 Å². The van der Waals surface area contributed by atoms with Crippen molar-refractivity contribution < 1.29 is 22.7 Å². The summed E-state index contributed by atoms with van der Waals surface area (Å²) >= 11 is 11.8. The van der Waals surface area contributed by atoms with Crippen LogP contribution < -0.4 is 19.5 Å². The summed E-state index contributed by atoms with van der Waals surface area (Å²) in [4.78, 5) is 12.2. The van der Waals surface area contributed by atoms with E-state index in [1.807, 2.05) is 0 Å². The first-order valence-corrected chi connectivity index (χ1v) is 9.97. The van der Waals surface area contributed by atoms with E-state index in [0.717, 1.165) is 0 Å². The minimum atomic E-state index is -3.73. The summed E-state index contributed by atoms with van der Waals surface area (Å²) in [7, 11) is -0.838. The third kappa shape index (κ3) is 5.74. The van der Waals surface area contributed by atoms with E-state index in [4.69, 9.17) is 32.7 Å². The van der Waals surface area contributed by atoms with Gasteiger partial charge >= 0.3 is 0 Å². The largest absolute Gasteiger partial charge is 0.495 e. The fourth-order valence-electron chi connectivity index (χ4n) is 2.17. The number of nitrogens with one attached hydrogen (secondary N) is 2. The molecule has 0 heterocycles. The van der Waals surface area contributed by atoms with Gasteiger partial charge in [0.2, 0.25) is 15.9 Å². The predicted octanol–water partition coefficient (Wildman–Crippen LogP) is 3.32. The number of amides is 1. The fraction of sp³-hybridized carbons (Fsp3) is 0.235. The van der Waals surface area contributed by atoms with Crippen molar-refractivity contribution in [1.82, 2.24) is 4.72 Å². The predicted molar refractivity (Wildman–Crippen MR) is 104 cm³/mol. The number of sulfonamides is 1. The Morgan fingerprint density at radius 3 is 2.26 bits per heavy atom. The van der Waals surface area contributed by atoms with Gasteiger partial charge in [0.1, 0.15) is 11.5 Å². The van der Waals surface area contributed by atoms with Crippen LogP contribution in [0.3, 0.4) is 0 Å². The molecule has 0 bridgehead atoms. The number of rotatable bonds is 8. The number of ether oxygens (including phenoxy) is 2. The van der Waals surface area contributed by atoms with Crippen LogP contribution >= 0.6 is 23.2 Å². The zero-order valence-corrected chi connectivity index (χ0v) is 16.9. The molecular formula is C17H18Cl2N2O5S. The molecule has 0 aliphatic carbocycles. The van der Waals surface area contributed by atoms with Crippen molar-refractivity contribution in [3.63, 3.8) is 0 Å². The molecular weight excluding hydrogens is 415 g/mol. The van der Waals surface area contributed by atoms with Crippen LogP contribution in [0.2, 0.25) is 10.0 Å². The number of carbonyl (C=O) groups is 1. The molecule has 0 spiro atoms. The van der Waals surface area contributed by atoms with Gasteiger partial charge in [0.15, 0.2) is 0 Å². The van der Waals surface area contributed by atoms with E-state index in [9.17, 15) is 13.2 Å². The number of hydrogen-bond acceptors (Lipinski definition) is 5. The van der Waals surface area contributed by atoms with Crippen molar-refractivity contribution in [3.8, 4) is 11.5 Å². The minimum Gasteiger partial charge on any atom is -0.495 e. The maximum absolute atomic E-state index is 12.2. The number of benzene rings is 2. The average Bonchev–Trinajstić information content (AvgIpc) is 2.63. The maximum atomic E-state index is 12.2. The molecule has 0 saturated carbocycles. The van der Waals surface area contributed by atoms with Gasteiger partial charge in [-0.25, -0.2) is 13.1 Å². The van der Waals surface area contributed by atoms with Gasteiger partial charge in [-0.3, -0.25) is 4.79 Å². The average molecular weight is 433 g/mol. The molecule has 1 amide bonds. The van der Waals surface area contributed by atoms with Crippen LogP contribution in [0, 0.1) is 0 Å². The standard InChI is InChI=1S/C17H18Cl2N2O5S/c1-25-15-10-14(16(26-2)9-13(15)19)21-17(22)7-8-20-27(23,24)12-5-3-11(18)4-6-12/h3-6,9-10,20H,7-8H2,1-2H3,(H,21,22). The van der Waals surface area contributed by atoms with Crippen LogP contribution in [0.15, 0.2) is 41.3 Å². The second-order valence-electron chi connectivity index (χ2n) is 5.34. The second-order valence-corrected chi connectivity index (χ2v) is 7.95. The highest BCUT2D eigenvalue weighted by atomic mass is 35.5. The Labute approximate surface area is 167 Å². The van der Waals surface area contributed by atoms with E-state index in [1.165, 1.54) is 50.6 Å². The normalized spacial score (nSPS) is 11.1. The lowest BCUT2D eigenvalue weighted by Gasteiger charge is -2.13. The quantitative estimate of drug-likeness (QED) is 0.666. The number of carbonyl (C=O) groups excluding carboxylic acids is 1. The Balaban J connectivity index is 1.97. The summed E-state index contributed by atoms with van der Waals surface area (Å²) in [5.74, 6) is 0.323. The van der Waals surface area contributed by atoms with Gasteiger partial charge in [0.05, 0.1) is 29.8 Å². The molecule has 0 unspecified atom stereocenters.